The molecule has 1 saturated heterocycles. The predicted octanol–water partition coefficient (Wildman–Crippen LogP) is 3.15. The molecule has 1 unspecified atom stereocenters. The van der Waals surface area contributed by atoms with Gasteiger partial charge in [0, 0.05) is 32.2 Å². The summed E-state index contributed by atoms with van der Waals surface area (Å²) in [6.45, 7) is 11.9. The predicted molar refractivity (Wildman–Crippen MR) is 91.1 cm³/mol. The maximum atomic E-state index is 11.8. The Balaban J connectivity index is 2.04. The molecule has 128 valence electrons. The van der Waals surface area contributed by atoms with E-state index in [0.29, 0.717) is 12.6 Å². The lowest BCUT2D eigenvalue weighted by Crippen LogP contribution is -2.49. The van der Waals surface area contributed by atoms with Crippen LogP contribution in [0.2, 0.25) is 0 Å². The van der Waals surface area contributed by atoms with Crippen LogP contribution >= 0.6 is 0 Å². The highest BCUT2D eigenvalue weighted by molar-refractivity contribution is 5.67. The van der Waals surface area contributed by atoms with E-state index in [1.54, 1.807) is 12.0 Å². The number of nitrogens with zero attached hydrogens (tertiary/aromatic N) is 2. The van der Waals surface area contributed by atoms with Crippen molar-refractivity contribution in [3.05, 3.63) is 28.8 Å². The van der Waals surface area contributed by atoms with Crippen LogP contribution < -0.4 is 4.74 Å². The van der Waals surface area contributed by atoms with Crippen LogP contribution in [-0.2, 0) is 4.74 Å². The molecular formula is C18H28N2O3. The molecule has 1 fully saturated rings. The van der Waals surface area contributed by atoms with Crippen molar-refractivity contribution in [1.82, 2.24) is 9.80 Å². The van der Waals surface area contributed by atoms with Crippen LogP contribution in [0.15, 0.2) is 12.1 Å². The van der Waals surface area contributed by atoms with Gasteiger partial charge in [-0.3, -0.25) is 4.90 Å². The molecule has 5 nitrogen and oxygen atoms in total. The second kappa shape index (κ2) is 7.68. The number of piperazine rings is 1. The number of rotatable bonds is 4. The molecule has 0 radical (unpaired) electrons. The van der Waals surface area contributed by atoms with Gasteiger partial charge in [0.15, 0.2) is 0 Å². The number of ether oxygens (including phenoxy) is 2. The molecular weight excluding hydrogens is 292 g/mol. The van der Waals surface area contributed by atoms with Crippen LogP contribution in [0, 0.1) is 13.8 Å². The van der Waals surface area contributed by atoms with E-state index in [9.17, 15) is 4.79 Å². The molecule has 1 aliphatic rings. The molecule has 0 aromatic heterocycles. The van der Waals surface area contributed by atoms with Gasteiger partial charge in [0.25, 0.3) is 0 Å². The molecule has 0 spiro atoms. The standard InChI is InChI=1S/C18H28N2O3/c1-6-23-18(21)20-11-9-19(10-12-20)15(4)16-7-8-17(22-5)14(3)13(16)2/h7-8,15H,6,9-12H2,1-5H3. The van der Waals surface area contributed by atoms with Gasteiger partial charge in [0.2, 0.25) is 0 Å². The number of benzene rings is 1. The van der Waals surface area contributed by atoms with Gasteiger partial charge in [0.05, 0.1) is 13.7 Å². The number of carbonyl (C=O) groups is 1. The van der Waals surface area contributed by atoms with Gasteiger partial charge < -0.3 is 14.4 Å². The van der Waals surface area contributed by atoms with Crippen LogP contribution in [0.5, 0.6) is 5.75 Å². The fraction of sp³-hybridized carbons (Fsp3) is 0.611. The van der Waals surface area contributed by atoms with Gasteiger partial charge in [0.1, 0.15) is 5.75 Å². The van der Waals surface area contributed by atoms with E-state index in [0.717, 1.165) is 31.9 Å². The topological polar surface area (TPSA) is 42.0 Å². The largest absolute Gasteiger partial charge is 0.496 e. The fourth-order valence-corrected chi connectivity index (χ4v) is 3.19. The average molecular weight is 320 g/mol. The van der Waals surface area contributed by atoms with Crippen LogP contribution in [0.4, 0.5) is 4.79 Å². The average Bonchev–Trinajstić information content (AvgIpc) is 2.57. The first kappa shape index (κ1) is 17.6. The minimum Gasteiger partial charge on any atom is -0.496 e. The summed E-state index contributed by atoms with van der Waals surface area (Å²) in [5, 5.41) is 0. The zero-order chi connectivity index (χ0) is 17.0. The molecule has 1 heterocycles. The quantitative estimate of drug-likeness (QED) is 0.855. The lowest BCUT2D eigenvalue weighted by molar-refractivity contribution is 0.0685. The summed E-state index contributed by atoms with van der Waals surface area (Å²) < 4.78 is 10.5. The van der Waals surface area contributed by atoms with Gasteiger partial charge in [-0.2, -0.15) is 0 Å². The summed E-state index contributed by atoms with van der Waals surface area (Å²) in [7, 11) is 1.71. The van der Waals surface area contributed by atoms with E-state index in [4.69, 9.17) is 9.47 Å². The Hall–Kier alpha value is -1.75. The zero-order valence-electron chi connectivity index (χ0n) is 14.9. The monoisotopic (exact) mass is 320 g/mol. The summed E-state index contributed by atoms with van der Waals surface area (Å²) in [5.74, 6) is 0.936. The van der Waals surface area contributed by atoms with Crippen molar-refractivity contribution >= 4 is 6.09 Å². The first-order valence-electron chi connectivity index (χ1n) is 8.29. The molecule has 0 bridgehead atoms. The molecule has 2 rings (SSSR count). The minimum atomic E-state index is -0.198. The molecule has 1 amide bonds. The van der Waals surface area contributed by atoms with Crippen molar-refractivity contribution in [2.75, 3.05) is 39.9 Å². The summed E-state index contributed by atoms with van der Waals surface area (Å²) in [6, 6.07) is 4.52. The van der Waals surface area contributed by atoms with Crippen LogP contribution in [0.3, 0.4) is 0 Å². The van der Waals surface area contributed by atoms with E-state index >= 15 is 0 Å². The second-order valence-electron chi connectivity index (χ2n) is 6.00. The number of amides is 1. The Morgan fingerprint density at radius 2 is 1.83 bits per heavy atom. The van der Waals surface area contributed by atoms with Gasteiger partial charge in [-0.15, -0.1) is 0 Å². The van der Waals surface area contributed by atoms with Gasteiger partial charge in [-0.1, -0.05) is 6.07 Å². The van der Waals surface area contributed by atoms with Gasteiger partial charge in [-0.25, -0.2) is 4.79 Å². The van der Waals surface area contributed by atoms with Crippen LogP contribution in [0.25, 0.3) is 0 Å². The maximum Gasteiger partial charge on any atom is 0.409 e. The highest BCUT2D eigenvalue weighted by Crippen LogP contribution is 2.30. The molecule has 0 N–H and O–H groups in total. The first-order valence-corrected chi connectivity index (χ1v) is 8.29. The van der Waals surface area contributed by atoms with Crippen molar-refractivity contribution in [2.24, 2.45) is 0 Å². The molecule has 5 heteroatoms. The van der Waals surface area contributed by atoms with Crippen LogP contribution in [0.1, 0.15) is 36.6 Å². The Bertz CT molecular complexity index is 551. The molecule has 23 heavy (non-hydrogen) atoms. The van der Waals surface area contributed by atoms with Crippen molar-refractivity contribution in [1.29, 1.82) is 0 Å². The highest BCUT2D eigenvalue weighted by Gasteiger charge is 2.26. The molecule has 1 aliphatic heterocycles. The van der Waals surface area contributed by atoms with Crippen molar-refractivity contribution < 1.29 is 14.3 Å². The Morgan fingerprint density at radius 1 is 1.17 bits per heavy atom. The van der Waals surface area contributed by atoms with E-state index < -0.39 is 0 Å². The normalized spacial score (nSPS) is 17.0. The number of methoxy groups -OCH3 is 1. The molecule has 1 aromatic carbocycles. The lowest BCUT2D eigenvalue weighted by Gasteiger charge is -2.38. The molecule has 1 aromatic rings. The zero-order valence-corrected chi connectivity index (χ0v) is 14.9. The van der Waals surface area contributed by atoms with E-state index in [-0.39, 0.29) is 6.09 Å². The fourth-order valence-electron chi connectivity index (χ4n) is 3.19. The lowest BCUT2D eigenvalue weighted by atomic mass is 9.96. The third-order valence-corrected chi connectivity index (χ3v) is 4.84. The van der Waals surface area contributed by atoms with Crippen LogP contribution in [-0.4, -0.2) is 55.8 Å². The van der Waals surface area contributed by atoms with E-state index in [2.05, 4.69) is 31.7 Å². The number of hydrogen-bond donors (Lipinski definition) is 0. The summed E-state index contributed by atoms with van der Waals surface area (Å²) in [6.07, 6.45) is -0.198. The van der Waals surface area contributed by atoms with E-state index in [1.807, 2.05) is 13.0 Å². The van der Waals surface area contributed by atoms with Gasteiger partial charge in [-0.05, 0) is 50.5 Å². The first-order chi connectivity index (χ1) is 11.0. The van der Waals surface area contributed by atoms with Gasteiger partial charge >= 0.3 is 6.09 Å². The summed E-state index contributed by atoms with van der Waals surface area (Å²) in [5.41, 5.74) is 3.81. The smallest absolute Gasteiger partial charge is 0.409 e. The Morgan fingerprint density at radius 3 is 2.39 bits per heavy atom. The number of carbonyl (C=O) groups excluding carboxylic acids is 1. The third-order valence-electron chi connectivity index (χ3n) is 4.84. The van der Waals surface area contributed by atoms with Crippen molar-refractivity contribution in [3.8, 4) is 5.75 Å². The Labute approximate surface area is 139 Å². The summed E-state index contributed by atoms with van der Waals surface area (Å²) >= 11 is 0. The third kappa shape index (κ3) is 3.78. The second-order valence-corrected chi connectivity index (χ2v) is 6.00. The Kier molecular flexibility index (Phi) is 5.88. The molecule has 0 saturated carbocycles. The number of hydrogen-bond acceptors (Lipinski definition) is 4. The molecule has 0 aliphatic carbocycles. The molecule has 1 atom stereocenters. The van der Waals surface area contributed by atoms with Crippen molar-refractivity contribution in [2.45, 2.75) is 33.7 Å². The minimum absolute atomic E-state index is 0.198. The summed E-state index contributed by atoms with van der Waals surface area (Å²) in [4.78, 5) is 16.0. The van der Waals surface area contributed by atoms with Crippen molar-refractivity contribution in [3.63, 3.8) is 0 Å². The highest BCUT2D eigenvalue weighted by atomic mass is 16.6. The maximum absolute atomic E-state index is 11.8. The SMILES string of the molecule is CCOC(=O)N1CCN(C(C)c2ccc(OC)c(C)c2C)CC1. The van der Waals surface area contributed by atoms with E-state index in [1.165, 1.54) is 16.7 Å².